The lowest BCUT2D eigenvalue weighted by Gasteiger charge is -2.01. The van der Waals surface area contributed by atoms with E-state index in [0.29, 0.717) is 0 Å². The Balaban J connectivity index is 2.76. The number of hydrogen-bond acceptors (Lipinski definition) is 7. The number of amides is 1. The highest BCUT2D eigenvalue weighted by Gasteiger charge is 2.18. The van der Waals surface area contributed by atoms with E-state index in [0.717, 1.165) is 11.3 Å². The number of aliphatic carboxylic acids is 1. The third-order valence-electron chi connectivity index (χ3n) is 1.48. The average molecular weight is 247 g/mol. The standard InChI is InChI=1S/C7H8N4O4S/c8-7-10-3(2-16-7)5(11-15)6(14)9-1-4(12)13/h2,15H,1H2,(H2,8,10)(H,9,14)(H,12,13)/b11-5-/i1+1,4+1,9+1. The van der Waals surface area contributed by atoms with Gasteiger partial charge in [-0.15, -0.1) is 11.3 Å². The van der Waals surface area contributed by atoms with Crippen LogP contribution in [0.4, 0.5) is 5.13 Å². The van der Waals surface area contributed by atoms with E-state index in [1.165, 1.54) is 5.38 Å². The molecule has 16 heavy (non-hydrogen) atoms. The fourth-order valence-electron chi connectivity index (χ4n) is 0.849. The quantitative estimate of drug-likeness (QED) is 0.179. The second-order valence-electron chi connectivity index (χ2n) is 2.60. The molecule has 0 radical (unpaired) electrons. The van der Waals surface area contributed by atoms with Crippen molar-refractivity contribution < 1.29 is 19.9 Å². The normalized spacial score (nSPS) is 11.1. The van der Waals surface area contributed by atoms with Crippen molar-refractivity contribution in [2.24, 2.45) is 5.16 Å². The summed E-state index contributed by atoms with van der Waals surface area (Å²) < 4.78 is 0. The summed E-state index contributed by atoms with van der Waals surface area (Å²) in [5, 5.41) is 23.4. The lowest BCUT2D eigenvalue weighted by atomic mass is 10.3. The Bertz CT molecular complexity index is 441. The van der Waals surface area contributed by atoms with Gasteiger partial charge < -0.3 is 21.4 Å². The van der Waals surface area contributed by atoms with E-state index in [1.807, 2.05) is 5.32 Å². The Morgan fingerprint density at radius 2 is 2.31 bits per heavy atom. The van der Waals surface area contributed by atoms with E-state index in [1.54, 1.807) is 0 Å². The molecule has 1 aromatic rings. The molecule has 0 saturated carbocycles. The summed E-state index contributed by atoms with van der Waals surface area (Å²) in [4.78, 5) is 25.3. The van der Waals surface area contributed by atoms with Gasteiger partial charge in [-0.2, -0.15) is 0 Å². The smallest absolute Gasteiger partial charge is 0.322 e. The van der Waals surface area contributed by atoms with Crippen LogP contribution in [0.3, 0.4) is 0 Å². The predicted octanol–water partition coefficient (Wildman–Crippen LogP) is -0.896. The molecule has 1 rings (SSSR count). The van der Waals surface area contributed by atoms with E-state index in [-0.39, 0.29) is 16.5 Å². The summed E-state index contributed by atoms with van der Waals surface area (Å²) in [5.41, 5.74) is 5.05. The van der Waals surface area contributed by atoms with Gasteiger partial charge in [-0.05, 0) is 0 Å². The SMILES string of the molecule is Nc1nc(/C(=N/O)C(=O)[15NH][13CH2][13C](=O)O)cs1. The van der Waals surface area contributed by atoms with Crippen molar-refractivity contribution in [3.05, 3.63) is 11.1 Å². The number of carboxylic acid groups (broad SMARTS) is 1. The molecule has 9 heteroatoms. The number of nitrogen functional groups attached to an aromatic ring is 1. The number of carbonyl (C=O) groups is 2. The molecular weight excluding hydrogens is 239 g/mol. The van der Waals surface area contributed by atoms with Gasteiger partial charge in [-0.3, -0.25) is 9.59 Å². The highest BCUT2D eigenvalue weighted by Crippen LogP contribution is 2.11. The van der Waals surface area contributed by atoms with Crippen molar-refractivity contribution in [2.45, 2.75) is 0 Å². The molecule has 0 aliphatic carbocycles. The van der Waals surface area contributed by atoms with Crippen LogP contribution in [0, 0.1) is 0 Å². The van der Waals surface area contributed by atoms with Gasteiger partial charge in [0, 0.05) is 5.38 Å². The first-order chi connectivity index (χ1) is 7.54. The number of carboxylic acids is 1. The first-order valence-electron chi connectivity index (χ1n) is 3.98. The molecule has 8 nitrogen and oxygen atoms in total. The van der Waals surface area contributed by atoms with Crippen LogP contribution in [0.5, 0.6) is 0 Å². The Labute approximate surface area is 93.4 Å². The number of nitrogens with one attached hydrogen (secondary N) is 1. The van der Waals surface area contributed by atoms with Crippen LogP contribution in [0.15, 0.2) is 10.5 Å². The van der Waals surface area contributed by atoms with Crippen molar-refractivity contribution in [3.63, 3.8) is 0 Å². The summed E-state index contributed by atoms with van der Waals surface area (Å²) in [6.45, 7) is -0.572. The summed E-state index contributed by atoms with van der Waals surface area (Å²) in [7, 11) is 0. The monoisotopic (exact) mass is 247 g/mol. The number of thiazole rings is 1. The topological polar surface area (TPSA) is 138 Å². The van der Waals surface area contributed by atoms with Crippen molar-refractivity contribution in [1.82, 2.24) is 10.3 Å². The van der Waals surface area contributed by atoms with E-state index in [4.69, 9.17) is 16.0 Å². The highest BCUT2D eigenvalue weighted by atomic mass is 32.1. The van der Waals surface area contributed by atoms with Gasteiger partial charge in [0.15, 0.2) is 10.8 Å². The number of carbonyl (C=O) groups excluding carboxylic acids is 1. The maximum Gasteiger partial charge on any atom is 0.322 e. The van der Waals surface area contributed by atoms with Crippen LogP contribution in [-0.4, -0.2) is 39.4 Å². The summed E-state index contributed by atoms with van der Waals surface area (Å²) in [6.07, 6.45) is 0. The van der Waals surface area contributed by atoms with Crippen molar-refractivity contribution in [3.8, 4) is 0 Å². The van der Waals surface area contributed by atoms with Gasteiger partial charge in [0.1, 0.15) is 12.2 Å². The molecular formula is C7H8N4O4S. The van der Waals surface area contributed by atoms with Gasteiger partial charge >= 0.3 is 5.97 Å². The van der Waals surface area contributed by atoms with Crippen molar-refractivity contribution in [1.29, 1.82) is 0 Å². The highest BCUT2D eigenvalue weighted by molar-refractivity contribution is 7.13. The third-order valence-corrected chi connectivity index (χ3v) is 2.15. The average Bonchev–Trinajstić information content (AvgIpc) is 2.63. The molecule has 0 aliphatic heterocycles. The van der Waals surface area contributed by atoms with Gasteiger partial charge in [-0.1, -0.05) is 5.16 Å². The maximum atomic E-state index is 11.3. The largest absolute Gasteiger partial charge is 0.480 e. The molecule has 0 fully saturated rings. The number of nitrogens with two attached hydrogens (primary N) is 1. The van der Waals surface area contributed by atoms with Crippen molar-refractivity contribution >= 4 is 34.1 Å². The van der Waals surface area contributed by atoms with E-state index < -0.39 is 18.4 Å². The molecule has 86 valence electrons. The minimum absolute atomic E-state index is 0.0906. The molecule has 1 heterocycles. The summed E-state index contributed by atoms with van der Waals surface area (Å²) >= 11 is 1.07. The molecule has 0 aliphatic rings. The van der Waals surface area contributed by atoms with Gasteiger partial charge in [0.25, 0.3) is 5.91 Å². The van der Waals surface area contributed by atoms with Gasteiger partial charge in [-0.25, -0.2) is 4.98 Å². The summed E-state index contributed by atoms with van der Waals surface area (Å²) in [6, 6.07) is 0. The fourth-order valence-corrected chi connectivity index (χ4v) is 1.40. The predicted molar refractivity (Wildman–Crippen MR) is 55.5 cm³/mol. The number of rotatable bonds is 4. The maximum absolute atomic E-state index is 11.3. The van der Waals surface area contributed by atoms with Crippen molar-refractivity contribution in [2.75, 3.05) is 12.3 Å². The second kappa shape index (κ2) is 5.07. The fraction of sp³-hybridized carbons (Fsp3) is 0.143. The third kappa shape index (κ3) is 2.92. The summed E-state index contributed by atoms with van der Waals surface area (Å²) in [5.74, 6) is -2.04. The number of aromatic nitrogens is 1. The zero-order valence-corrected chi connectivity index (χ0v) is 8.69. The number of nitrogens with zero attached hydrogens (tertiary/aromatic N) is 2. The Morgan fingerprint density at radius 1 is 1.62 bits per heavy atom. The zero-order chi connectivity index (χ0) is 12.1. The molecule has 0 atom stereocenters. The molecule has 5 N–H and O–H groups in total. The van der Waals surface area contributed by atoms with Crippen LogP contribution in [-0.2, 0) is 9.59 Å². The van der Waals surface area contributed by atoms with Crippen LogP contribution >= 0.6 is 11.3 Å². The van der Waals surface area contributed by atoms with Gasteiger partial charge in [0.2, 0.25) is 0 Å². The second-order valence-corrected chi connectivity index (χ2v) is 3.49. The van der Waals surface area contributed by atoms with Crippen LogP contribution in [0.2, 0.25) is 0 Å². The molecule has 1 aromatic heterocycles. The van der Waals surface area contributed by atoms with Crippen LogP contribution in [0.25, 0.3) is 0 Å². The lowest BCUT2D eigenvalue weighted by molar-refractivity contribution is -0.137. The molecule has 0 saturated heterocycles. The van der Waals surface area contributed by atoms with E-state index in [9.17, 15) is 9.59 Å². The lowest BCUT2D eigenvalue weighted by Crippen LogP contribution is -2.35. The molecule has 0 bridgehead atoms. The molecule has 0 aromatic carbocycles. The number of oxime groups is 1. The van der Waals surface area contributed by atoms with E-state index >= 15 is 0 Å². The molecule has 1 amide bonds. The minimum Gasteiger partial charge on any atom is -0.480 e. The van der Waals surface area contributed by atoms with Crippen LogP contribution < -0.4 is 11.1 Å². The van der Waals surface area contributed by atoms with Crippen LogP contribution in [0.1, 0.15) is 5.69 Å². The Kier molecular flexibility index (Phi) is 3.78. The first kappa shape index (κ1) is 11.9. The number of hydrogen-bond donors (Lipinski definition) is 4. The Morgan fingerprint density at radius 3 is 2.75 bits per heavy atom. The first-order valence-corrected chi connectivity index (χ1v) is 4.86. The molecule has 0 unspecified atom stereocenters. The van der Waals surface area contributed by atoms with E-state index in [2.05, 4.69) is 10.1 Å². The molecule has 0 spiro atoms. The zero-order valence-electron chi connectivity index (χ0n) is 7.88. The number of anilines is 1. The minimum atomic E-state index is -1.21. The Hall–Kier alpha value is -2.16. The van der Waals surface area contributed by atoms with Gasteiger partial charge in [0.05, 0.1) is 0 Å².